The van der Waals surface area contributed by atoms with Crippen molar-refractivity contribution in [3.63, 3.8) is 0 Å². The Bertz CT molecular complexity index is 308. The summed E-state index contributed by atoms with van der Waals surface area (Å²) in [5.41, 5.74) is 0. The van der Waals surface area contributed by atoms with Gasteiger partial charge >= 0.3 is 0 Å². The third kappa shape index (κ3) is 3.83. The summed E-state index contributed by atoms with van der Waals surface area (Å²) >= 11 is 0. The smallest absolute Gasteiger partial charge is 0.236 e. The van der Waals surface area contributed by atoms with Crippen molar-refractivity contribution in [3.05, 3.63) is 0 Å². The molecule has 19 heavy (non-hydrogen) atoms. The monoisotopic (exact) mass is 288 g/mol. The molecule has 1 saturated heterocycles. The van der Waals surface area contributed by atoms with Crippen LogP contribution >= 0.6 is 12.4 Å². The molecule has 2 atom stereocenters. The molecule has 5 heteroatoms. The van der Waals surface area contributed by atoms with E-state index in [-0.39, 0.29) is 18.3 Å². The first-order chi connectivity index (χ1) is 8.84. The highest BCUT2D eigenvalue weighted by Crippen LogP contribution is 2.29. The standard InChI is InChI=1S/C14H24N2O2.ClH/c17-14(10-15-9-11-5-6-11)16-7-8-18-13-4-2-1-3-12(13)16;/h11-13,15H,1-10H2;1H. The highest BCUT2D eigenvalue weighted by molar-refractivity contribution is 5.85. The minimum Gasteiger partial charge on any atom is -0.374 e. The predicted octanol–water partition coefficient (Wildman–Crippen LogP) is 1.58. The topological polar surface area (TPSA) is 41.6 Å². The number of nitrogens with zero attached hydrogens (tertiary/aromatic N) is 1. The van der Waals surface area contributed by atoms with Gasteiger partial charge in [-0.3, -0.25) is 4.79 Å². The number of rotatable bonds is 4. The van der Waals surface area contributed by atoms with Crippen molar-refractivity contribution >= 4 is 18.3 Å². The van der Waals surface area contributed by atoms with E-state index in [1.807, 2.05) is 0 Å². The Labute approximate surface area is 121 Å². The van der Waals surface area contributed by atoms with Gasteiger partial charge in [-0.2, -0.15) is 0 Å². The molecule has 3 fully saturated rings. The minimum atomic E-state index is 0. The highest BCUT2D eigenvalue weighted by atomic mass is 35.5. The number of nitrogens with one attached hydrogen (secondary N) is 1. The molecule has 2 saturated carbocycles. The number of ether oxygens (including phenoxy) is 1. The number of amides is 1. The lowest BCUT2D eigenvalue weighted by atomic mass is 9.90. The number of morpholine rings is 1. The van der Waals surface area contributed by atoms with Crippen LogP contribution in [-0.4, -0.2) is 49.2 Å². The molecule has 3 rings (SSSR count). The summed E-state index contributed by atoms with van der Waals surface area (Å²) in [7, 11) is 0. The quantitative estimate of drug-likeness (QED) is 0.854. The highest BCUT2D eigenvalue weighted by Gasteiger charge is 2.36. The maximum atomic E-state index is 12.3. The van der Waals surface area contributed by atoms with Crippen molar-refractivity contribution in [2.24, 2.45) is 5.92 Å². The molecule has 1 N–H and O–H groups in total. The summed E-state index contributed by atoms with van der Waals surface area (Å²) in [5.74, 6) is 1.11. The Morgan fingerprint density at radius 3 is 2.79 bits per heavy atom. The molecule has 2 unspecified atom stereocenters. The van der Waals surface area contributed by atoms with Crippen LogP contribution in [0, 0.1) is 5.92 Å². The number of hydrogen-bond donors (Lipinski definition) is 1. The first kappa shape index (κ1) is 15.1. The average Bonchev–Trinajstić information content (AvgIpc) is 3.22. The van der Waals surface area contributed by atoms with E-state index in [9.17, 15) is 4.79 Å². The molecule has 4 nitrogen and oxygen atoms in total. The van der Waals surface area contributed by atoms with Gasteiger partial charge < -0.3 is 15.0 Å². The van der Waals surface area contributed by atoms with E-state index < -0.39 is 0 Å². The van der Waals surface area contributed by atoms with Crippen molar-refractivity contribution < 1.29 is 9.53 Å². The second-order valence-corrected chi connectivity index (χ2v) is 5.92. The van der Waals surface area contributed by atoms with Gasteiger partial charge in [-0.15, -0.1) is 12.4 Å². The van der Waals surface area contributed by atoms with Gasteiger partial charge in [0.2, 0.25) is 5.91 Å². The zero-order valence-electron chi connectivity index (χ0n) is 11.5. The Hall–Kier alpha value is -0.320. The fourth-order valence-corrected chi connectivity index (χ4v) is 3.21. The number of carbonyl (C=O) groups excluding carboxylic acids is 1. The fourth-order valence-electron chi connectivity index (χ4n) is 3.21. The predicted molar refractivity (Wildman–Crippen MR) is 76.6 cm³/mol. The van der Waals surface area contributed by atoms with Crippen LogP contribution in [0.1, 0.15) is 38.5 Å². The van der Waals surface area contributed by atoms with Crippen LogP contribution in [0.3, 0.4) is 0 Å². The maximum Gasteiger partial charge on any atom is 0.236 e. The van der Waals surface area contributed by atoms with Crippen LogP contribution in [0.15, 0.2) is 0 Å². The Kier molecular flexibility index (Phi) is 5.48. The second kappa shape index (κ2) is 6.91. The normalized spacial score (nSPS) is 30.4. The zero-order valence-corrected chi connectivity index (χ0v) is 12.3. The summed E-state index contributed by atoms with van der Waals surface area (Å²) in [6, 6.07) is 0.350. The van der Waals surface area contributed by atoms with Crippen LogP contribution < -0.4 is 5.32 Å². The molecule has 2 aliphatic carbocycles. The Morgan fingerprint density at radius 2 is 2.00 bits per heavy atom. The van der Waals surface area contributed by atoms with E-state index in [2.05, 4.69) is 10.2 Å². The largest absolute Gasteiger partial charge is 0.374 e. The van der Waals surface area contributed by atoms with Crippen molar-refractivity contribution in [1.29, 1.82) is 0 Å². The summed E-state index contributed by atoms with van der Waals surface area (Å²) in [4.78, 5) is 14.3. The molecule has 1 aliphatic heterocycles. The van der Waals surface area contributed by atoms with Crippen molar-refractivity contribution in [2.75, 3.05) is 26.2 Å². The Morgan fingerprint density at radius 1 is 1.21 bits per heavy atom. The molecule has 110 valence electrons. The minimum absolute atomic E-state index is 0. The molecule has 1 heterocycles. The molecule has 0 aromatic rings. The number of fused-ring (bicyclic) bond motifs is 1. The van der Waals surface area contributed by atoms with Crippen LogP contribution in [0.4, 0.5) is 0 Å². The lowest BCUT2D eigenvalue weighted by Crippen LogP contribution is -2.56. The van der Waals surface area contributed by atoms with Crippen molar-refractivity contribution in [1.82, 2.24) is 10.2 Å². The first-order valence-electron chi connectivity index (χ1n) is 7.46. The second-order valence-electron chi connectivity index (χ2n) is 5.92. The van der Waals surface area contributed by atoms with Crippen molar-refractivity contribution in [3.8, 4) is 0 Å². The van der Waals surface area contributed by atoms with Gasteiger partial charge in [0.15, 0.2) is 0 Å². The summed E-state index contributed by atoms with van der Waals surface area (Å²) < 4.78 is 5.80. The van der Waals surface area contributed by atoms with Gasteiger partial charge in [0, 0.05) is 6.54 Å². The molecule has 0 radical (unpaired) electrons. The Balaban J connectivity index is 0.00000133. The third-order valence-corrected chi connectivity index (χ3v) is 4.46. The molecule has 1 amide bonds. The molecular weight excluding hydrogens is 264 g/mol. The lowest BCUT2D eigenvalue weighted by Gasteiger charge is -2.43. The van der Waals surface area contributed by atoms with Crippen LogP contribution in [-0.2, 0) is 9.53 Å². The van der Waals surface area contributed by atoms with Gasteiger partial charge in [-0.25, -0.2) is 0 Å². The molecule has 0 aromatic heterocycles. The number of hydrogen-bond acceptors (Lipinski definition) is 3. The fraction of sp³-hybridized carbons (Fsp3) is 0.929. The average molecular weight is 289 g/mol. The molecule has 0 spiro atoms. The van der Waals surface area contributed by atoms with E-state index in [0.29, 0.717) is 18.7 Å². The maximum absolute atomic E-state index is 12.3. The zero-order chi connectivity index (χ0) is 12.4. The molecule has 0 aromatic carbocycles. The molecule has 0 bridgehead atoms. The number of carbonyl (C=O) groups is 1. The van der Waals surface area contributed by atoms with Crippen LogP contribution in [0.25, 0.3) is 0 Å². The van der Waals surface area contributed by atoms with Gasteiger partial charge in [0.25, 0.3) is 0 Å². The van der Waals surface area contributed by atoms with Crippen LogP contribution in [0.5, 0.6) is 0 Å². The SMILES string of the molecule is Cl.O=C(CNCC1CC1)N1CCOC2CCCCC21. The van der Waals surface area contributed by atoms with E-state index in [1.165, 1.54) is 25.7 Å². The summed E-state index contributed by atoms with van der Waals surface area (Å²) in [6.07, 6.45) is 7.72. The van der Waals surface area contributed by atoms with E-state index in [0.717, 1.165) is 38.5 Å². The van der Waals surface area contributed by atoms with Crippen LogP contribution in [0.2, 0.25) is 0 Å². The number of halogens is 1. The van der Waals surface area contributed by atoms with Gasteiger partial charge in [-0.1, -0.05) is 12.8 Å². The first-order valence-corrected chi connectivity index (χ1v) is 7.46. The molecule has 3 aliphatic rings. The van der Waals surface area contributed by atoms with E-state index in [1.54, 1.807) is 0 Å². The summed E-state index contributed by atoms with van der Waals surface area (Å²) in [6.45, 7) is 3.03. The summed E-state index contributed by atoms with van der Waals surface area (Å²) in [5, 5.41) is 3.31. The lowest BCUT2D eigenvalue weighted by molar-refractivity contribution is -0.148. The van der Waals surface area contributed by atoms with Gasteiger partial charge in [-0.05, 0) is 38.1 Å². The van der Waals surface area contributed by atoms with Crippen molar-refractivity contribution in [2.45, 2.75) is 50.7 Å². The molecular formula is C14H25ClN2O2. The van der Waals surface area contributed by atoms with Gasteiger partial charge in [0.05, 0.1) is 25.3 Å². The van der Waals surface area contributed by atoms with Gasteiger partial charge in [0.1, 0.15) is 0 Å². The third-order valence-electron chi connectivity index (χ3n) is 4.46. The van der Waals surface area contributed by atoms with E-state index in [4.69, 9.17) is 4.74 Å². The van der Waals surface area contributed by atoms with E-state index >= 15 is 0 Å².